The van der Waals surface area contributed by atoms with Crippen molar-refractivity contribution in [3.8, 4) is 0 Å². The molecule has 0 atom stereocenters. The summed E-state index contributed by atoms with van der Waals surface area (Å²) >= 11 is 1.25. The molecule has 0 fully saturated rings. The predicted octanol–water partition coefficient (Wildman–Crippen LogP) is 2.33. The van der Waals surface area contributed by atoms with E-state index in [0.717, 1.165) is 12.1 Å². The molecule has 15 heavy (non-hydrogen) atoms. The smallest absolute Gasteiger partial charge is 0.313 e. The number of carbonyl (C=O) groups is 1. The molecule has 0 saturated carbocycles. The zero-order chi connectivity index (χ0) is 11.3. The molecule has 0 bridgehead atoms. The summed E-state index contributed by atoms with van der Waals surface area (Å²) in [5.41, 5.74) is 0.673. The molecule has 0 heterocycles. The summed E-state index contributed by atoms with van der Waals surface area (Å²) in [5.74, 6) is -1.99. The summed E-state index contributed by atoms with van der Waals surface area (Å²) in [5, 5.41) is 8.36. The quantitative estimate of drug-likeness (QED) is 0.792. The number of aryl methyl sites for hydroxylation is 1. The number of thioether (sulfide) groups is 1. The first kappa shape index (κ1) is 12.0. The molecule has 1 aromatic rings. The lowest BCUT2D eigenvalue weighted by atomic mass is 10.2. The Bertz CT molecular complexity index is 355. The van der Waals surface area contributed by atoms with Gasteiger partial charge >= 0.3 is 5.97 Å². The Morgan fingerprint density at radius 3 is 2.67 bits per heavy atom. The number of carboxylic acid groups (broad SMARTS) is 1. The maximum atomic E-state index is 12.7. The monoisotopic (exact) mass is 232 g/mol. The lowest BCUT2D eigenvalue weighted by Gasteiger charge is -2.01. The largest absolute Gasteiger partial charge is 0.481 e. The molecule has 0 aromatic heterocycles. The van der Waals surface area contributed by atoms with Crippen molar-refractivity contribution in [2.45, 2.75) is 6.42 Å². The Hall–Kier alpha value is -1.10. The number of aliphatic carboxylic acids is 1. The fourth-order valence-electron chi connectivity index (χ4n) is 1.04. The fraction of sp³-hybridized carbons (Fsp3) is 0.300. The normalized spacial score (nSPS) is 10.3. The molecule has 0 aliphatic carbocycles. The summed E-state index contributed by atoms with van der Waals surface area (Å²) in [4.78, 5) is 10.2. The minimum atomic E-state index is -0.870. The van der Waals surface area contributed by atoms with E-state index in [9.17, 15) is 13.6 Å². The van der Waals surface area contributed by atoms with Gasteiger partial charge in [-0.3, -0.25) is 4.79 Å². The maximum absolute atomic E-state index is 12.7. The van der Waals surface area contributed by atoms with Gasteiger partial charge < -0.3 is 5.11 Å². The molecule has 0 radical (unpaired) electrons. The Morgan fingerprint density at radius 2 is 2.07 bits per heavy atom. The van der Waals surface area contributed by atoms with Gasteiger partial charge in [0, 0.05) is 0 Å². The van der Waals surface area contributed by atoms with E-state index in [2.05, 4.69) is 0 Å². The number of benzene rings is 1. The molecule has 5 heteroatoms. The number of carboxylic acids is 1. The predicted molar refractivity (Wildman–Crippen MR) is 55.0 cm³/mol. The molecule has 82 valence electrons. The molecule has 0 spiro atoms. The number of hydrogen-bond donors (Lipinski definition) is 1. The van der Waals surface area contributed by atoms with Gasteiger partial charge in [-0.1, -0.05) is 6.07 Å². The molecule has 0 aliphatic heterocycles. The van der Waals surface area contributed by atoms with Crippen LogP contribution >= 0.6 is 11.8 Å². The van der Waals surface area contributed by atoms with Gasteiger partial charge in [0.1, 0.15) is 0 Å². The van der Waals surface area contributed by atoms with Crippen LogP contribution in [0.2, 0.25) is 0 Å². The SMILES string of the molecule is O=C(O)CSCCc1ccc(F)c(F)c1. The van der Waals surface area contributed by atoms with Crippen LogP contribution in [0.25, 0.3) is 0 Å². The highest BCUT2D eigenvalue weighted by molar-refractivity contribution is 7.99. The van der Waals surface area contributed by atoms with Crippen LogP contribution in [0, 0.1) is 11.6 Å². The average Bonchev–Trinajstić information content (AvgIpc) is 2.18. The third kappa shape index (κ3) is 4.29. The van der Waals surface area contributed by atoms with E-state index >= 15 is 0 Å². The van der Waals surface area contributed by atoms with Gasteiger partial charge in [0.15, 0.2) is 11.6 Å². The summed E-state index contributed by atoms with van der Waals surface area (Å²) in [7, 11) is 0. The zero-order valence-electron chi connectivity index (χ0n) is 7.87. The summed E-state index contributed by atoms with van der Waals surface area (Å²) in [6.07, 6.45) is 0.537. The molecule has 0 amide bonds. The third-order valence-electron chi connectivity index (χ3n) is 1.74. The van der Waals surface area contributed by atoms with Crippen molar-refractivity contribution in [3.63, 3.8) is 0 Å². The zero-order valence-corrected chi connectivity index (χ0v) is 8.69. The standard InChI is InChI=1S/C10H10F2O2S/c11-8-2-1-7(5-9(8)12)3-4-15-6-10(13)14/h1-2,5H,3-4,6H2,(H,13,14). The third-order valence-corrected chi connectivity index (χ3v) is 2.69. The molecular weight excluding hydrogens is 222 g/mol. The van der Waals surface area contributed by atoms with Gasteiger partial charge in [-0.15, -0.1) is 11.8 Å². The Balaban J connectivity index is 2.38. The van der Waals surface area contributed by atoms with Gasteiger partial charge in [0.25, 0.3) is 0 Å². The van der Waals surface area contributed by atoms with Crippen LogP contribution in [0.15, 0.2) is 18.2 Å². The first-order valence-corrected chi connectivity index (χ1v) is 5.48. The fourth-order valence-corrected chi connectivity index (χ4v) is 1.74. The van der Waals surface area contributed by atoms with Crippen molar-refractivity contribution in [2.75, 3.05) is 11.5 Å². The van der Waals surface area contributed by atoms with E-state index in [1.807, 2.05) is 0 Å². The van der Waals surface area contributed by atoms with Gasteiger partial charge in [-0.2, -0.15) is 0 Å². The van der Waals surface area contributed by atoms with E-state index in [0.29, 0.717) is 17.7 Å². The van der Waals surface area contributed by atoms with Crippen LogP contribution in [-0.2, 0) is 11.2 Å². The van der Waals surface area contributed by atoms with Gasteiger partial charge in [0.05, 0.1) is 5.75 Å². The Morgan fingerprint density at radius 1 is 1.33 bits per heavy atom. The molecule has 0 aliphatic rings. The number of rotatable bonds is 5. The van der Waals surface area contributed by atoms with E-state index in [4.69, 9.17) is 5.11 Å². The van der Waals surface area contributed by atoms with E-state index in [-0.39, 0.29) is 5.75 Å². The average molecular weight is 232 g/mol. The summed E-state index contributed by atoms with van der Waals surface area (Å²) in [6, 6.07) is 3.71. The van der Waals surface area contributed by atoms with Crippen LogP contribution in [0.5, 0.6) is 0 Å². The van der Waals surface area contributed by atoms with Gasteiger partial charge in [0.2, 0.25) is 0 Å². The molecule has 2 nitrogen and oxygen atoms in total. The van der Waals surface area contributed by atoms with Crippen LogP contribution in [0.4, 0.5) is 8.78 Å². The van der Waals surface area contributed by atoms with Crippen molar-refractivity contribution in [1.82, 2.24) is 0 Å². The van der Waals surface area contributed by atoms with E-state index < -0.39 is 17.6 Å². The minimum Gasteiger partial charge on any atom is -0.481 e. The van der Waals surface area contributed by atoms with Gasteiger partial charge in [-0.25, -0.2) is 8.78 Å². The van der Waals surface area contributed by atoms with E-state index in [1.54, 1.807) is 0 Å². The number of halogens is 2. The minimum absolute atomic E-state index is 0.0314. The van der Waals surface area contributed by atoms with Crippen LogP contribution in [0.1, 0.15) is 5.56 Å². The first-order chi connectivity index (χ1) is 7.09. The van der Waals surface area contributed by atoms with Crippen LogP contribution < -0.4 is 0 Å². The topological polar surface area (TPSA) is 37.3 Å². The molecule has 0 saturated heterocycles. The highest BCUT2D eigenvalue weighted by Gasteiger charge is 2.03. The second-order valence-corrected chi connectivity index (χ2v) is 4.05. The van der Waals surface area contributed by atoms with Crippen molar-refractivity contribution in [1.29, 1.82) is 0 Å². The Labute approximate surface area is 90.3 Å². The summed E-state index contributed by atoms with van der Waals surface area (Å²) in [6.45, 7) is 0. The number of hydrogen-bond acceptors (Lipinski definition) is 2. The van der Waals surface area contributed by atoms with Crippen LogP contribution in [-0.4, -0.2) is 22.6 Å². The van der Waals surface area contributed by atoms with E-state index in [1.165, 1.54) is 17.8 Å². The van der Waals surface area contributed by atoms with Crippen molar-refractivity contribution in [3.05, 3.63) is 35.4 Å². The lowest BCUT2D eigenvalue weighted by molar-refractivity contribution is -0.133. The van der Waals surface area contributed by atoms with Crippen molar-refractivity contribution >= 4 is 17.7 Å². The lowest BCUT2D eigenvalue weighted by Crippen LogP contribution is -2.00. The molecule has 1 N–H and O–H groups in total. The second kappa shape index (κ2) is 5.70. The van der Waals surface area contributed by atoms with Crippen LogP contribution in [0.3, 0.4) is 0 Å². The molecule has 1 aromatic carbocycles. The highest BCUT2D eigenvalue weighted by atomic mass is 32.2. The molecule has 1 rings (SSSR count). The molecular formula is C10H10F2O2S. The highest BCUT2D eigenvalue weighted by Crippen LogP contribution is 2.11. The summed E-state index contributed by atoms with van der Waals surface area (Å²) < 4.78 is 25.3. The van der Waals surface area contributed by atoms with Gasteiger partial charge in [-0.05, 0) is 29.9 Å². The van der Waals surface area contributed by atoms with Crippen molar-refractivity contribution in [2.24, 2.45) is 0 Å². The maximum Gasteiger partial charge on any atom is 0.313 e. The Kier molecular flexibility index (Phi) is 4.55. The second-order valence-electron chi connectivity index (χ2n) is 2.94. The van der Waals surface area contributed by atoms with Crippen molar-refractivity contribution < 1.29 is 18.7 Å². The molecule has 0 unspecified atom stereocenters. The first-order valence-electron chi connectivity index (χ1n) is 4.33.